The molecule has 0 amide bonds. The molecule has 0 aromatic carbocycles. The Morgan fingerprint density at radius 3 is 2.81 bits per heavy atom. The molecule has 1 aromatic rings. The predicted molar refractivity (Wildman–Crippen MR) is 60.1 cm³/mol. The van der Waals surface area contributed by atoms with Crippen molar-refractivity contribution in [2.45, 2.75) is 39.2 Å². The van der Waals surface area contributed by atoms with Crippen LogP contribution in [0.2, 0.25) is 0 Å². The van der Waals surface area contributed by atoms with Crippen molar-refractivity contribution in [2.24, 2.45) is 5.92 Å². The largest absolute Gasteiger partial charge is 0.463 e. The van der Waals surface area contributed by atoms with Gasteiger partial charge in [0.1, 0.15) is 0 Å². The second-order valence-corrected chi connectivity index (χ2v) is 4.38. The number of ether oxygens (including phenoxy) is 1. The number of aliphatic hydroxyl groups excluding tert-OH is 1. The van der Waals surface area contributed by atoms with Crippen molar-refractivity contribution in [1.29, 1.82) is 0 Å². The van der Waals surface area contributed by atoms with Crippen molar-refractivity contribution in [3.05, 3.63) is 17.5 Å². The molecular weight excluding hydrogens is 204 g/mol. The number of aliphatic hydroxyl groups is 1. The topological polar surface area (TPSA) is 55.2 Å². The molecule has 0 aliphatic heterocycles. The molecule has 1 heterocycles. The molecule has 4 heteroatoms. The number of hydrogen-bond acceptors (Lipinski definition) is 4. The minimum Gasteiger partial charge on any atom is -0.463 e. The van der Waals surface area contributed by atoms with Crippen LogP contribution >= 0.6 is 0 Å². The summed E-state index contributed by atoms with van der Waals surface area (Å²) >= 11 is 0. The number of aryl methyl sites for hydroxylation is 1. The Hall–Kier alpha value is -1.16. The Balaban J connectivity index is 1.91. The van der Waals surface area contributed by atoms with Crippen molar-refractivity contribution >= 4 is 0 Å². The lowest BCUT2D eigenvalue weighted by molar-refractivity contribution is 0.232. The van der Waals surface area contributed by atoms with Crippen LogP contribution in [0.5, 0.6) is 6.01 Å². The lowest BCUT2D eigenvalue weighted by Gasteiger charge is -2.10. The van der Waals surface area contributed by atoms with Crippen LogP contribution in [0.25, 0.3) is 0 Å². The van der Waals surface area contributed by atoms with Crippen molar-refractivity contribution in [1.82, 2.24) is 9.97 Å². The first kappa shape index (κ1) is 11.3. The van der Waals surface area contributed by atoms with Gasteiger partial charge in [0.05, 0.1) is 18.9 Å². The van der Waals surface area contributed by atoms with E-state index in [1.165, 1.54) is 25.7 Å². The fourth-order valence-corrected chi connectivity index (χ4v) is 2.06. The minimum absolute atomic E-state index is 0.0191. The highest BCUT2D eigenvalue weighted by atomic mass is 16.5. The number of rotatable bonds is 4. The van der Waals surface area contributed by atoms with Gasteiger partial charge in [-0.2, -0.15) is 0 Å². The van der Waals surface area contributed by atoms with Gasteiger partial charge in [-0.15, -0.1) is 0 Å². The molecule has 0 radical (unpaired) electrons. The van der Waals surface area contributed by atoms with Crippen LogP contribution in [0.1, 0.15) is 36.9 Å². The number of hydrogen-bond donors (Lipinski definition) is 1. The fraction of sp³-hybridized carbons (Fsp3) is 0.667. The van der Waals surface area contributed by atoms with E-state index in [9.17, 15) is 0 Å². The second kappa shape index (κ2) is 5.25. The van der Waals surface area contributed by atoms with Crippen molar-refractivity contribution < 1.29 is 9.84 Å². The van der Waals surface area contributed by atoms with E-state index in [0.29, 0.717) is 11.9 Å². The molecule has 16 heavy (non-hydrogen) atoms. The van der Waals surface area contributed by atoms with Crippen LogP contribution in [-0.2, 0) is 6.61 Å². The van der Waals surface area contributed by atoms with E-state index in [4.69, 9.17) is 9.84 Å². The van der Waals surface area contributed by atoms with Crippen molar-refractivity contribution in [2.75, 3.05) is 6.61 Å². The van der Waals surface area contributed by atoms with Gasteiger partial charge in [-0.25, -0.2) is 9.97 Å². The van der Waals surface area contributed by atoms with Crippen molar-refractivity contribution in [3.8, 4) is 6.01 Å². The average molecular weight is 222 g/mol. The Morgan fingerprint density at radius 1 is 1.44 bits per heavy atom. The summed E-state index contributed by atoms with van der Waals surface area (Å²) in [5.74, 6) is 0.668. The Bertz CT molecular complexity index is 349. The number of nitrogens with zero attached hydrogens (tertiary/aromatic N) is 2. The highest BCUT2D eigenvalue weighted by molar-refractivity contribution is 5.16. The van der Waals surface area contributed by atoms with Gasteiger partial charge < -0.3 is 9.84 Å². The van der Waals surface area contributed by atoms with Crippen molar-refractivity contribution in [3.63, 3.8) is 0 Å². The van der Waals surface area contributed by atoms with E-state index in [1.54, 1.807) is 6.20 Å². The van der Waals surface area contributed by atoms with Gasteiger partial charge in [0.25, 0.3) is 0 Å². The van der Waals surface area contributed by atoms with Gasteiger partial charge in [-0.1, -0.05) is 12.8 Å². The summed E-state index contributed by atoms with van der Waals surface area (Å²) < 4.78 is 5.57. The highest BCUT2D eigenvalue weighted by Crippen LogP contribution is 2.25. The molecule has 1 aliphatic carbocycles. The van der Waals surface area contributed by atoms with Crippen LogP contribution < -0.4 is 4.74 Å². The molecule has 4 nitrogen and oxygen atoms in total. The average Bonchev–Trinajstić information content (AvgIpc) is 2.79. The molecule has 0 spiro atoms. The first-order chi connectivity index (χ1) is 7.79. The summed E-state index contributed by atoms with van der Waals surface area (Å²) in [4.78, 5) is 8.29. The normalized spacial score (nSPS) is 16.6. The zero-order chi connectivity index (χ0) is 11.4. The molecule has 2 rings (SSSR count). The molecule has 1 aliphatic rings. The molecule has 1 N–H and O–H groups in total. The SMILES string of the molecule is Cc1nc(OCC2CCCC2)ncc1CO. The Kier molecular flexibility index (Phi) is 3.72. The molecule has 0 atom stereocenters. The number of aromatic nitrogens is 2. The molecule has 1 aromatic heterocycles. The predicted octanol–water partition coefficient (Wildman–Crippen LogP) is 1.85. The summed E-state index contributed by atoms with van der Waals surface area (Å²) in [5, 5.41) is 8.99. The third-order valence-electron chi connectivity index (χ3n) is 3.15. The quantitative estimate of drug-likeness (QED) is 0.844. The third kappa shape index (κ3) is 2.70. The second-order valence-electron chi connectivity index (χ2n) is 4.38. The van der Waals surface area contributed by atoms with Gasteiger partial charge in [0, 0.05) is 11.8 Å². The van der Waals surface area contributed by atoms with Gasteiger partial charge in [-0.3, -0.25) is 0 Å². The van der Waals surface area contributed by atoms with Gasteiger partial charge in [0.15, 0.2) is 0 Å². The van der Waals surface area contributed by atoms with Crippen LogP contribution in [0.3, 0.4) is 0 Å². The van der Waals surface area contributed by atoms with E-state index < -0.39 is 0 Å². The van der Waals surface area contributed by atoms with Gasteiger partial charge >= 0.3 is 6.01 Å². The smallest absolute Gasteiger partial charge is 0.316 e. The van der Waals surface area contributed by atoms with Gasteiger partial charge in [0.2, 0.25) is 0 Å². The first-order valence-electron chi connectivity index (χ1n) is 5.86. The maximum absolute atomic E-state index is 8.99. The molecule has 88 valence electrons. The van der Waals surface area contributed by atoms with E-state index in [1.807, 2.05) is 6.92 Å². The van der Waals surface area contributed by atoms with E-state index in [2.05, 4.69) is 9.97 Å². The summed E-state index contributed by atoms with van der Waals surface area (Å²) in [6, 6.07) is 0.432. The van der Waals surface area contributed by atoms with E-state index in [-0.39, 0.29) is 6.61 Å². The van der Waals surface area contributed by atoms with E-state index in [0.717, 1.165) is 17.9 Å². The fourth-order valence-electron chi connectivity index (χ4n) is 2.06. The van der Waals surface area contributed by atoms with Crippen LogP contribution in [0.15, 0.2) is 6.20 Å². The molecule has 0 unspecified atom stereocenters. The summed E-state index contributed by atoms with van der Waals surface area (Å²) in [5.41, 5.74) is 1.55. The summed E-state index contributed by atoms with van der Waals surface area (Å²) in [7, 11) is 0. The monoisotopic (exact) mass is 222 g/mol. The Labute approximate surface area is 95.7 Å². The maximum atomic E-state index is 8.99. The summed E-state index contributed by atoms with van der Waals surface area (Å²) in [6.07, 6.45) is 6.78. The molecule has 1 saturated carbocycles. The van der Waals surface area contributed by atoms with E-state index >= 15 is 0 Å². The molecule has 0 bridgehead atoms. The lowest BCUT2D eigenvalue weighted by Crippen LogP contribution is -2.10. The zero-order valence-electron chi connectivity index (χ0n) is 9.65. The lowest BCUT2D eigenvalue weighted by atomic mass is 10.1. The zero-order valence-corrected chi connectivity index (χ0v) is 9.65. The maximum Gasteiger partial charge on any atom is 0.316 e. The van der Waals surface area contributed by atoms with Crippen LogP contribution in [0, 0.1) is 12.8 Å². The Morgan fingerprint density at radius 2 is 2.19 bits per heavy atom. The van der Waals surface area contributed by atoms with Crippen LogP contribution in [-0.4, -0.2) is 21.7 Å². The molecule has 1 fully saturated rings. The highest BCUT2D eigenvalue weighted by Gasteiger charge is 2.16. The molecular formula is C12H18N2O2. The van der Waals surface area contributed by atoms with Gasteiger partial charge in [-0.05, 0) is 25.7 Å². The summed E-state index contributed by atoms with van der Waals surface area (Å²) in [6.45, 7) is 2.56. The van der Waals surface area contributed by atoms with Crippen LogP contribution in [0.4, 0.5) is 0 Å². The minimum atomic E-state index is -0.0191. The standard InChI is InChI=1S/C12H18N2O2/c1-9-11(7-15)6-13-12(14-9)16-8-10-4-2-3-5-10/h6,10,15H,2-5,7-8H2,1H3. The first-order valence-corrected chi connectivity index (χ1v) is 5.86. The molecule has 0 saturated heterocycles. The third-order valence-corrected chi connectivity index (χ3v) is 3.15.